The summed E-state index contributed by atoms with van der Waals surface area (Å²) in [5.74, 6) is 0. The van der Waals surface area contributed by atoms with Crippen molar-refractivity contribution in [2.45, 2.75) is 15.2 Å². The van der Waals surface area contributed by atoms with E-state index in [2.05, 4.69) is 203 Å². The Kier molecular flexibility index (Phi) is 6.06. The van der Waals surface area contributed by atoms with E-state index in [4.69, 9.17) is 0 Å². The number of aromatic nitrogens is 2. The van der Waals surface area contributed by atoms with Crippen molar-refractivity contribution in [3.05, 3.63) is 216 Å². The maximum Gasteiger partial charge on any atom is 0.0765 e. The molecule has 260 valence electrons. The van der Waals surface area contributed by atoms with Gasteiger partial charge in [0.05, 0.1) is 33.2 Å². The van der Waals surface area contributed by atoms with Crippen LogP contribution in [-0.4, -0.2) is 9.13 Å². The Bertz CT molecular complexity index is 3460. The van der Waals surface area contributed by atoms with E-state index in [1.807, 2.05) is 11.8 Å². The number of hydrogen-bond donors (Lipinski definition) is 0. The molecule has 2 aliphatic heterocycles. The van der Waals surface area contributed by atoms with Gasteiger partial charge in [0.1, 0.15) is 0 Å². The second kappa shape index (κ2) is 11.1. The summed E-state index contributed by atoms with van der Waals surface area (Å²) in [6.45, 7) is 0. The molecule has 0 amide bonds. The SMILES string of the molecule is c1ccc2c(c1)Sc1c(ccc3c4ccccc4n(-c4ccc(-c5ccc6ccccc6c5)cc4)c13)C21c2ccccc2-n2c3ccccc3c3cccc1c32. The third kappa shape index (κ3) is 3.83. The molecule has 1 unspecified atom stereocenters. The normalized spacial score (nSPS) is 15.5. The third-order valence-corrected chi connectivity index (χ3v) is 13.7. The van der Waals surface area contributed by atoms with Gasteiger partial charge < -0.3 is 9.13 Å². The highest BCUT2D eigenvalue weighted by Gasteiger charge is 2.50. The van der Waals surface area contributed by atoms with E-state index < -0.39 is 5.41 Å². The van der Waals surface area contributed by atoms with Crippen LogP contribution in [0.1, 0.15) is 22.3 Å². The Balaban J connectivity index is 1.13. The van der Waals surface area contributed by atoms with Crippen LogP contribution >= 0.6 is 11.8 Å². The topological polar surface area (TPSA) is 9.86 Å². The zero-order chi connectivity index (χ0) is 36.5. The van der Waals surface area contributed by atoms with Gasteiger partial charge in [-0.15, -0.1) is 0 Å². The molecule has 0 saturated heterocycles. The van der Waals surface area contributed by atoms with Crippen molar-refractivity contribution in [1.82, 2.24) is 9.13 Å². The van der Waals surface area contributed by atoms with Crippen molar-refractivity contribution in [3.8, 4) is 22.5 Å². The molecule has 0 fully saturated rings. The average molecular weight is 729 g/mol. The molecule has 9 aromatic carbocycles. The molecule has 0 aliphatic carbocycles. The standard InChI is InChI=1S/C53H32N2S/c1-2-13-35-32-36(25-24-33(35)12-1)34-26-28-37(29-27-34)54-46-20-7-3-15-39(46)41-30-31-45-52(51(41)54)56-49-23-10-6-18-43(49)53(45)42-17-5-9-22-48(42)55-47-21-8-4-14-38(47)40-16-11-19-44(53)50(40)55/h1-32H. The molecule has 1 spiro atoms. The zero-order valence-corrected chi connectivity index (χ0v) is 31.1. The zero-order valence-electron chi connectivity index (χ0n) is 30.3. The lowest BCUT2D eigenvalue weighted by atomic mass is 9.62. The molecule has 1 atom stereocenters. The molecule has 2 nitrogen and oxygen atoms in total. The fourth-order valence-corrected chi connectivity index (χ4v) is 11.6. The fraction of sp³-hybridized carbons (Fsp3) is 0.0189. The van der Waals surface area contributed by atoms with Crippen LogP contribution in [0.4, 0.5) is 0 Å². The smallest absolute Gasteiger partial charge is 0.0765 e. The van der Waals surface area contributed by atoms with Crippen molar-refractivity contribution >= 4 is 66.1 Å². The number of rotatable bonds is 2. The van der Waals surface area contributed by atoms with E-state index in [1.165, 1.54) is 103 Å². The van der Waals surface area contributed by atoms with Gasteiger partial charge in [0.15, 0.2) is 0 Å². The largest absolute Gasteiger partial charge is 0.309 e. The van der Waals surface area contributed by atoms with Crippen molar-refractivity contribution in [3.63, 3.8) is 0 Å². The van der Waals surface area contributed by atoms with Crippen molar-refractivity contribution < 1.29 is 0 Å². The van der Waals surface area contributed by atoms with Gasteiger partial charge in [-0.3, -0.25) is 0 Å². The Labute approximate surface area is 327 Å². The fourth-order valence-electron chi connectivity index (χ4n) is 10.3. The van der Waals surface area contributed by atoms with Crippen LogP contribution < -0.4 is 0 Å². The molecular weight excluding hydrogens is 697 g/mol. The van der Waals surface area contributed by atoms with Crippen LogP contribution in [0.5, 0.6) is 0 Å². The Hall–Kier alpha value is -6.81. The second-order valence-electron chi connectivity index (χ2n) is 15.2. The molecule has 13 rings (SSSR count). The molecule has 2 aliphatic rings. The highest BCUT2D eigenvalue weighted by atomic mass is 32.2. The van der Waals surface area contributed by atoms with E-state index in [0.717, 1.165) is 5.69 Å². The molecule has 0 radical (unpaired) electrons. The second-order valence-corrected chi connectivity index (χ2v) is 16.3. The quantitative estimate of drug-likeness (QED) is 0.172. The van der Waals surface area contributed by atoms with E-state index in [9.17, 15) is 0 Å². The van der Waals surface area contributed by atoms with E-state index >= 15 is 0 Å². The number of nitrogens with zero attached hydrogens (tertiary/aromatic N) is 2. The molecule has 56 heavy (non-hydrogen) atoms. The lowest BCUT2D eigenvalue weighted by Crippen LogP contribution is -2.37. The minimum absolute atomic E-state index is 0.535. The van der Waals surface area contributed by atoms with Crippen LogP contribution in [0.25, 0.3) is 76.9 Å². The van der Waals surface area contributed by atoms with Crippen LogP contribution in [0.3, 0.4) is 0 Å². The summed E-state index contributed by atoms with van der Waals surface area (Å²) in [6.07, 6.45) is 0. The maximum absolute atomic E-state index is 2.53. The van der Waals surface area contributed by atoms with Crippen LogP contribution in [0.15, 0.2) is 204 Å². The first-order chi connectivity index (χ1) is 27.8. The summed E-state index contributed by atoms with van der Waals surface area (Å²) in [6, 6.07) is 72.5. The van der Waals surface area contributed by atoms with Gasteiger partial charge in [-0.1, -0.05) is 163 Å². The summed E-state index contributed by atoms with van der Waals surface area (Å²) < 4.78 is 5.05. The number of fused-ring (bicyclic) bond motifs is 16. The summed E-state index contributed by atoms with van der Waals surface area (Å²) in [5, 5.41) is 7.65. The minimum Gasteiger partial charge on any atom is -0.309 e. The van der Waals surface area contributed by atoms with Crippen molar-refractivity contribution in [1.29, 1.82) is 0 Å². The predicted octanol–water partition coefficient (Wildman–Crippen LogP) is 13.9. The van der Waals surface area contributed by atoms with Crippen LogP contribution in [0, 0.1) is 0 Å². The van der Waals surface area contributed by atoms with Gasteiger partial charge in [-0.2, -0.15) is 0 Å². The lowest BCUT2D eigenvalue weighted by molar-refractivity contribution is 0.691. The first-order valence-corrected chi connectivity index (χ1v) is 20.2. The van der Waals surface area contributed by atoms with Crippen LogP contribution in [-0.2, 0) is 5.41 Å². The van der Waals surface area contributed by atoms with Crippen molar-refractivity contribution in [2.75, 3.05) is 0 Å². The number of benzene rings is 9. The summed E-state index contributed by atoms with van der Waals surface area (Å²) in [7, 11) is 0. The van der Waals surface area contributed by atoms with Gasteiger partial charge in [0.2, 0.25) is 0 Å². The van der Waals surface area contributed by atoms with Gasteiger partial charge in [-0.25, -0.2) is 0 Å². The highest BCUT2D eigenvalue weighted by molar-refractivity contribution is 7.99. The monoisotopic (exact) mass is 728 g/mol. The third-order valence-electron chi connectivity index (χ3n) is 12.6. The molecule has 0 bridgehead atoms. The van der Waals surface area contributed by atoms with Gasteiger partial charge in [0.25, 0.3) is 0 Å². The first kappa shape index (κ1) is 30.5. The molecule has 3 heteroatoms. The summed E-state index contributed by atoms with van der Waals surface area (Å²) in [4.78, 5) is 2.61. The van der Waals surface area contributed by atoms with E-state index in [1.54, 1.807) is 0 Å². The molecule has 0 N–H and O–H groups in total. The van der Waals surface area contributed by atoms with E-state index in [-0.39, 0.29) is 0 Å². The van der Waals surface area contributed by atoms with Crippen molar-refractivity contribution in [2.24, 2.45) is 0 Å². The summed E-state index contributed by atoms with van der Waals surface area (Å²) >= 11 is 1.93. The van der Waals surface area contributed by atoms with Gasteiger partial charge >= 0.3 is 0 Å². The van der Waals surface area contributed by atoms with Crippen LogP contribution in [0.2, 0.25) is 0 Å². The lowest BCUT2D eigenvalue weighted by Gasteiger charge is -2.45. The Morgan fingerprint density at radius 2 is 1.00 bits per heavy atom. The maximum atomic E-state index is 2.53. The molecule has 4 heterocycles. The molecular formula is C53H32N2S. The predicted molar refractivity (Wildman–Crippen MR) is 234 cm³/mol. The number of hydrogen-bond acceptors (Lipinski definition) is 1. The number of para-hydroxylation sites is 4. The first-order valence-electron chi connectivity index (χ1n) is 19.4. The Morgan fingerprint density at radius 1 is 0.375 bits per heavy atom. The summed E-state index contributed by atoms with van der Waals surface area (Å²) in [5.41, 5.74) is 14.7. The van der Waals surface area contributed by atoms with E-state index in [0.29, 0.717) is 0 Å². The molecule has 2 aromatic heterocycles. The Morgan fingerprint density at radius 3 is 1.84 bits per heavy atom. The average Bonchev–Trinajstić information content (AvgIpc) is 3.79. The molecule has 0 saturated carbocycles. The van der Waals surface area contributed by atoms with Gasteiger partial charge in [-0.05, 0) is 86.6 Å². The molecule has 11 aromatic rings. The highest BCUT2D eigenvalue weighted by Crippen LogP contribution is 2.62. The van der Waals surface area contributed by atoms with Gasteiger partial charge in [0, 0.05) is 37.0 Å². The minimum atomic E-state index is -0.535.